The van der Waals surface area contributed by atoms with Crippen LogP contribution < -0.4 is 0 Å². The molecule has 0 rings (SSSR count). The van der Waals surface area contributed by atoms with Crippen molar-refractivity contribution in [2.45, 2.75) is 0 Å². The molecule has 0 spiro atoms. The molecule has 3 N–H and O–H groups in total. The van der Waals surface area contributed by atoms with Gasteiger partial charge in [0.15, 0.2) is 0 Å². The Hall–Kier alpha value is -0.170. The Morgan fingerprint density at radius 2 is 1.71 bits per heavy atom. The van der Waals surface area contributed by atoms with Crippen LogP contribution in [0.2, 0.25) is 0 Å². The zero-order valence-corrected chi connectivity index (χ0v) is 4.40. The average molecular weight is 130 g/mol. The molecular weight excluding hydrogens is 124 g/mol. The Balaban J connectivity index is 0. The standard InChI is InChI=1S/CH4O4S.H2O/c1-5-6(2,3)4;/h1H3,(H,2,3,4);1H2. The van der Waals surface area contributed by atoms with E-state index < -0.39 is 10.4 Å². The Morgan fingerprint density at radius 1 is 1.57 bits per heavy atom. The molecular formula is CH6O5S. The van der Waals surface area contributed by atoms with Crippen molar-refractivity contribution in [2.24, 2.45) is 0 Å². The van der Waals surface area contributed by atoms with E-state index in [-0.39, 0.29) is 5.48 Å². The Labute approximate surface area is 41.2 Å². The third-order valence-corrected chi connectivity index (χ3v) is 0.632. The molecule has 0 radical (unpaired) electrons. The molecule has 6 heteroatoms. The lowest BCUT2D eigenvalue weighted by Crippen LogP contribution is -1.96. The second kappa shape index (κ2) is 2.92. The molecule has 46 valence electrons. The Bertz CT molecular complexity index is 110. The van der Waals surface area contributed by atoms with Gasteiger partial charge in [0.1, 0.15) is 0 Å². The van der Waals surface area contributed by atoms with Gasteiger partial charge in [-0.2, -0.15) is 8.42 Å². The number of rotatable bonds is 1. The molecule has 0 aromatic carbocycles. The summed E-state index contributed by atoms with van der Waals surface area (Å²) in [4.78, 5) is 0. The lowest BCUT2D eigenvalue weighted by Gasteiger charge is -1.82. The van der Waals surface area contributed by atoms with Gasteiger partial charge in [0, 0.05) is 0 Å². The first-order valence-electron chi connectivity index (χ1n) is 1.09. The molecule has 0 heterocycles. The summed E-state index contributed by atoms with van der Waals surface area (Å²) in [6.07, 6.45) is 0. The zero-order chi connectivity index (χ0) is 5.21. The van der Waals surface area contributed by atoms with Crippen LogP contribution in [-0.4, -0.2) is 25.6 Å². The molecule has 0 aliphatic rings. The highest BCUT2D eigenvalue weighted by atomic mass is 32.3. The zero-order valence-electron chi connectivity index (χ0n) is 3.58. The van der Waals surface area contributed by atoms with Crippen LogP contribution in [0.1, 0.15) is 0 Å². The summed E-state index contributed by atoms with van der Waals surface area (Å²) < 4.78 is 29.7. The largest absolute Gasteiger partial charge is 0.412 e. The van der Waals surface area contributed by atoms with E-state index in [1.807, 2.05) is 0 Å². The van der Waals surface area contributed by atoms with Gasteiger partial charge in [-0.25, -0.2) is 0 Å². The summed E-state index contributed by atoms with van der Waals surface area (Å²) in [5.41, 5.74) is 0. The van der Waals surface area contributed by atoms with Gasteiger partial charge in [0.25, 0.3) is 0 Å². The van der Waals surface area contributed by atoms with E-state index in [4.69, 9.17) is 4.55 Å². The minimum absolute atomic E-state index is 0. The monoisotopic (exact) mass is 130 g/mol. The van der Waals surface area contributed by atoms with Crippen molar-refractivity contribution < 1.29 is 22.6 Å². The summed E-state index contributed by atoms with van der Waals surface area (Å²) in [6, 6.07) is 0. The van der Waals surface area contributed by atoms with E-state index >= 15 is 0 Å². The van der Waals surface area contributed by atoms with Gasteiger partial charge in [-0.05, 0) is 0 Å². The number of hydrogen-bond donors (Lipinski definition) is 1. The molecule has 0 bridgehead atoms. The molecule has 0 aliphatic carbocycles. The van der Waals surface area contributed by atoms with Crippen molar-refractivity contribution in [3.63, 3.8) is 0 Å². The highest BCUT2D eigenvalue weighted by Gasteiger charge is 1.93. The van der Waals surface area contributed by atoms with Crippen LogP contribution >= 0.6 is 0 Å². The average Bonchev–Trinajstić information content (AvgIpc) is 1.35. The first-order chi connectivity index (χ1) is 2.56. The van der Waals surface area contributed by atoms with Crippen molar-refractivity contribution >= 4 is 10.4 Å². The van der Waals surface area contributed by atoms with E-state index in [2.05, 4.69) is 4.18 Å². The van der Waals surface area contributed by atoms with Crippen molar-refractivity contribution in [3.8, 4) is 0 Å². The third-order valence-electron chi connectivity index (χ3n) is 0.211. The molecule has 0 aromatic rings. The van der Waals surface area contributed by atoms with E-state index in [0.717, 1.165) is 7.11 Å². The molecule has 0 amide bonds. The van der Waals surface area contributed by atoms with Crippen LogP contribution in [0, 0.1) is 0 Å². The summed E-state index contributed by atoms with van der Waals surface area (Å²) >= 11 is 0. The van der Waals surface area contributed by atoms with Crippen LogP contribution in [0.25, 0.3) is 0 Å². The summed E-state index contributed by atoms with van der Waals surface area (Å²) in [5, 5.41) is 0. The Kier molecular flexibility index (Phi) is 4.14. The fourth-order valence-electron chi connectivity index (χ4n) is 0. The molecule has 0 saturated heterocycles. The maximum absolute atomic E-state index is 9.33. The first kappa shape index (κ1) is 9.95. The van der Waals surface area contributed by atoms with E-state index in [9.17, 15) is 8.42 Å². The Morgan fingerprint density at radius 3 is 1.71 bits per heavy atom. The second-order valence-corrected chi connectivity index (χ2v) is 1.78. The molecule has 0 unspecified atom stereocenters. The summed E-state index contributed by atoms with van der Waals surface area (Å²) in [7, 11) is -3.29. The lowest BCUT2D eigenvalue weighted by molar-refractivity contribution is 0.324. The van der Waals surface area contributed by atoms with Gasteiger partial charge in [-0.3, -0.25) is 8.74 Å². The van der Waals surface area contributed by atoms with Gasteiger partial charge >= 0.3 is 10.4 Å². The maximum atomic E-state index is 9.33. The van der Waals surface area contributed by atoms with Crippen LogP contribution in [0.5, 0.6) is 0 Å². The van der Waals surface area contributed by atoms with Gasteiger partial charge < -0.3 is 5.48 Å². The second-order valence-electron chi connectivity index (χ2n) is 0.594. The van der Waals surface area contributed by atoms with Crippen molar-refractivity contribution in [1.82, 2.24) is 0 Å². The van der Waals surface area contributed by atoms with Gasteiger partial charge in [-0.15, -0.1) is 0 Å². The van der Waals surface area contributed by atoms with Crippen molar-refractivity contribution in [2.75, 3.05) is 7.11 Å². The fraction of sp³-hybridized carbons (Fsp3) is 1.00. The van der Waals surface area contributed by atoms with Crippen LogP contribution in [0.4, 0.5) is 0 Å². The first-order valence-corrected chi connectivity index (χ1v) is 2.46. The SMILES string of the molecule is COS(=O)(=O)O.O. The molecule has 0 saturated carbocycles. The smallest absolute Gasteiger partial charge is 0.397 e. The molecule has 0 aromatic heterocycles. The molecule has 5 nitrogen and oxygen atoms in total. The predicted molar refractivity (Wildman–Crippen MR) is 22.2 cm³/mol. The molecule has 0 fully saturated rings. The fourth-order valence-corrected chi connectivity index (χ4v) is 0. The summed E-state index contributed by atoms with van der Waals surface area (Å²) in [6.45, 7) is 0. The van der Waals surface area contributed by atoms with Gasteiger partial charge in [0.2, 0.25) is 0 Å². The highest BCUT2D eigenvalue weighted by molar-refractivity contribution is 7.80. The molecule has 7 heavy (non-hydrogen) atoms. The molecule has 0 aliphatic heterocycles. The maximum Gasteiger partial charge on any atom is 0.397 e. The lowest BCUT2D eigenvalue weighted by atomic mass is 11.8. The van der Waals surface area contributed by atoms with Crippen LogP contribution in [0.15, 0.2) is 0 Å². The van der Waals surface area contributed by atoms with E-state index in [1.54, 1.807) is 0 Å². The normalized spacial score (nSPS) is 10.0. The highest BCUT2D eigenvalue weighted by Crippen LogP contribution is 1.74. The van der Waals surface area contributed by atoms with E-state index in [1.165, 1.54) is 0 Å². The van der Waals surface area contributed by atoms with Gasteiger partial charge in [0.05, 0.1) is 7.11 Å². The minimum Gasteiger partial charge on any atom is -0.412 e. The molecule has 0 atom stereocenters. The van der Waals surface area contributed by atoms with E-state index in [0.29, 0.717) is 0 Å². The quantitative estimate of drug-likeness (QED) is 0.442. The van der Waals surface area contributed by atoms with Crippen molar-refractivity contribution in [3.05, 3.63) is 0 Å². The third kappa shape index (κ3) is 10.7. The topological polar surface area (TPSA) is 95.1 Å². The van der Waals surface area contributed by atoms with Gasteiger partial charge in [-0.1, -0.05) is 0 Å². The van der Waals surface area contributed by atoms with Crippen LogP contribution in [-0.2, 0) is 14.6 Å². The minimum atomic E-state index is -4.16. The predicted octanol–water partition coefficient (Wildman–Crippen LogP) is -1.39. The summed E-state index contributed by atoms with van der Waals surface area (Å²) in [5.74, 6) is 0. The van der Waals surface area contributed by atoms with Crippen molar-refractivity contribution in [1.29, 1.82) is 0 Å². The van der Waals surface area contributed by atoms with Crippen LogP contribution in [0.3, 0.4) is 0 Å². The number of hydrogen-bond acceptors (Lipinski definition) is 3.